The number of H-pyrrole nitrogens is 1. The Labute approximate surface area is 171 Å². The molecule has 0 unspecified atom stereocenters. The van der Waals surface area contributed by atoms with Gasteiger partial charge >= 0.3 is 0 Å². The highest BCUT2D eigenvalue weighted by molar-refractivity contribution is 7.71. The van der Waals surface area contributed by atoms with Crippen LogP contribution in [0.5, 0.6) is 0 Å². The first-order chi connectivity index (χ1) is 13.1. The number of nitrogens with zero attached hydrogens (tertiary/aromatic N) is 1. The van der Waals surface area contributed by atoms with Gasteiger partial charge in [-0.1, -0.05) is 36.2 Å². The Kier molecular flexibility index (Phi) is 6.82. The van der Waals surface area contributed by atoms with Crippen LogP contribution in [0.1, 0.15) is 31.2 Å². The third-order valence-corrected chi connectivity index (χ3v) is 5.90. The lowest BCUT2D eigenvalue weighted by Gasteiger charge is -2.08. The summed E-state index contributed by atoms with van der Waals surface area (Å²) in [7, 11) is 0. The van der Waals surface area contributed by atoms with Crippen molar-refractivity contribution in [3.05, 3.63) is 61.4 Å². The van der Waals surface area contributed by atoms with Gasteiger partial charge in [-0.25, -0.2) is 0 Å². The highest BCUT2D eigenvalue weighted by Crippen LogP contribution is 2.15. The first-order valence-corrected chi connectivity index (χ1v) is 10.4. The number of carbonyl (C=O) groups is 1. The predicted molar refractivity (Wildman–Crippen MR) is 113 cm³/mol. The first-order valence-electron chi connectivity index (χ1n) is 8.76. The molecule has 0 radical (unpaired) electrons. The van der Waals surface area contributed by atoms with Crippen molar-refractivity contribution in [2.75, 3.05) is 0 Å². The zero-order chi connectivity index (χ0) is 19.2. The van der Waals surface area contributed by atoms with Crippen molar-refractivity contribution >= 4 is 51.3 Å². The van der Waals surface area contributed by atoms with E-state index >= 15 is 0 Å². The topological polar surface area (TPSA) is 66.9 Å². The molecule has 27 heavy (non-hydrogen) atoms. The molecule has 0 aliphatic carbocycles. The van der Waals surface area contributed by atoms with E-state index in [1.807, 2.05) is 35.7 Å². The minimum atomic E-state index is -0.0405. The van der Waals surface area contributed by atoms with E-state index in [9.17, 15) is 9.59 Å². The van der Waals surface area contributed by atoms with Gasteiger partial charge in [0, 0.05) is 24.5 Å². The highest BCUT2D eigenvalue weighted by Gasteiger charge is 2.07. The molecular weight excluding hydrogens is 402 g/mol. The standard InChI is InChI=1S/C19H20ClN3O2S2/c20-14-7-4-3-6-13(14)12-21-16(24)8-2-1-5-10-23-18(25)17-15(9-11-27-17)22-19(23)26/h3-4,6-7,9,11H,1-2,5,8,10,12H2,(H,21,24)(H,22,26). The Bertz CT molecular complexity index is 1050. The Morgan fingerprint density at radius 1 is 1.22 bits per heavy atom. The van der Waals surface area contributed by atoms with Crippen LogP contribution in [0.25, 0.3) is 10.2 Å². The average molecular weight is 422 g/mol. The van der Waals surface area contributed by atoms with Gasteiger partial charge in [-0.3, -0.25) is 14.2 Å². The zero-order valence-corrected chi connectivity index (χ0v) is 17.1. The first kappa shape index (κ1) is 19.8. The van der Waals surface area contributed by atoms with Gasteiger partial charge in [0.15, 0.2) is 4.77 Å². The monoisotopic (exact) mass is 421 g/mol. The number of aromatic amines is 1. The molecule has 3 rings (SSSR count). The van der Waals surface area contributed by atoms with Gasteiger partial charge in [0.05, 0.1) is 5.52 Å². The molecule has 3 aromatic rings. The summed E-state index contributed by atoms with van der Waals surface area (Å²) in [5.74, 6) is 0.00406. The number of amides is 1. The number of rotatable bonds is 8. The van der Waals surface area contributed by atoms with Crippen LogP contribution >= 0.6 is 35.2 Å². The van der Waals surface area contributed by atoms with E-state index in [0.717, 1.165) is 30.3 Å². The third kappa shape index (κ3) is 5.06. The van der Waals surface area contributed by atoms with E-state index in [-0.39, 0.29) is 11.5 Å². The van der Waals surface area contributed by atoms with Crippen molar-refractivity contribution in [3.63, 3.8) is 0 Å². The summed E-state index contributed by atoms with van der Waals surface area (Å²) >= 11 is 12.8. The summed E-state index contributed by atoms with van der Waals surface area (Å²) in [6.07, 6.45) is 2.87. The molecule has 0 spiro atoms. The van der Waals surface area contributed by atoms with Crippen molar-refractivity contribution < 1.29 is 4.79 Å². The number of unbranched alkanes of at least 4 members (excludes halogenated alkanes) is 2. The van der Waals surface area contributed by atoms with E-state index < -0.39 is 0 Å². The molecule has 0 bridgehead atoms. The number of carbonyl (C=O) groups excluding carboxylic acids is 1. The van der Waals surface area contributed by atoms with Gasteiger partial charge in [-0.05, 0) is 48.1 Å². The number of hydrogen-bond acceptors (Lipinski definition) is 4. The minimum Gasteiger partial charge on any atom is -0.352 e. The normalized spacial score (nSPS) is 11.0. The second-order valence-corrected chi connectivity index (χ2v) is 7.94. The van der Waals surface area contributed by atoms with Gasteiger partial charge < -0.3 is 10.3 Å². The number of nitrogens with one attached hydrogen (secondary N) is 2. The van der Waals surface area contributed by atoms with E-state index in [0.29, 0.717) is 34.0 Å². The fourth-order valence-corrected chi connectivity index (χ4v) is 4.11. The summed E-state index contributed by atoms with van der Waals surface area (Å²) in [6.45, 7) is 0.993. The van der Waals surface area contributed by atoms with Gasteiger partial charge in [-0.2, -0.15) is 0 Å². The van der Waals surface area contributed by atoms with Crippen molar-refractivity contribution in [2.24, 2.45) is 0 Å². The number of thiophene rings is 1. The van der Waals surface area contributed by atoms with Crippen molar-refractivity contribution in [2.45, 2.75) is 38.8 Å². The van der Waals surface area contributed by atoms with Gasteiger partial charge in [0.2, 0.25) is 5.91 Å². The highest BCUT2D eigenvalue weighted by atomic mass is 35.5. The van der Waals surface area contributed by atoms with Gasteiger partial charge in [0.1, 0.15) is 4.70 Å². The maximum Gasteiger partial charge on any atom is 0.272 e. The Morgan fingerprint density at radius 2 is 2.04 bits per heavy atom. The van der Waals surface area contributed by atoms with Crippen LogP contribution in [0.15, 0.2) is 40.5 Å². The lowest BCUT2D eigenvalue weighted by Crippen LogP contribution is -2.23. The third-order valence-electron chi connectivity index (χ3n) is 4.31. The lowest BCUT2D eigenvalue weighted by molar-refractivity contribution is -0.121. The SMILES string of the molecule is O=C(CCCCCn1c(=S)[nH]c2ccsc2c1=O)NCc1ccccc1Cl. The fraction of sp³-hybridized carbons (Fsp3) is 0.316. The van der Waals surface area contributed by atoms with E-state index in [1.165, 1.54) is 11.3 Å². The zero-order valence-electron chi connectivity index (χ0n) is 14.7. The largest absolute Gasteiger partial charge is 0.352 e. The molecule has 142 valence electrons. The molecule has 0 aliphatic heterocycles. The van der Waals surface area contributed by atoms with Crippen molar-refractivity contribution in [3.8, 4) is 0 Å². The molecule has 8 heteroatoms. The smallest absolute Gasteiger partial charge is 0.272 e. The minimum absolute atomic E-state index is 0.00406. The summed E-state index contributed by atoms with van der Waals surface area (Å²) in [4.78, 5) is 27.5. The Hall–Kier alpha value is -1.96. The molecule has 0 fully saturated rings. The van der Waals surface area contributed by atoms with Crippen LogP contribution < -0.4 is 10.9 Å². The lowest BCUT2D eigenvalue weighted by atomic mass is 10.1. The number of hydrogen-bond donors (Lipinski definition) is 2. The van der Waals surface area contributed by atoms with E-state index in [1.54, 1.807) is 4.57 Å². The van der Waals surface area contributed by atoms with Crippen LogP contribution in [0, 0.1) is 4.77 Å². The summed E-state index contributed by atoms with van der Waals surface area (Å²) < 4.78 is 2.75. The van der Waals surface area contributed by atoms with Crippen LogP contribution in [-0.4, -0.2) is 15.5 Å². The molecule has 1 aromatic carbocycles. The molecule has 0 atom stereocenters. The van der Waals surface area contributed by atoms with Crippen molar-refractivity contribution in [1.82, 2.24) is 14.9 Å². The number of benzene rings is 1. The summed E-state index contributed by atoms with van der Waals surface area (Å²) in [5, 5.41) is 5.42. The second-order valence-electron chi connectivity index (χ2n) is 6.23. The second kappa shape index (κ2) is 9.30. The Morgan fingerprint density at radius 3 is 2.85 bits per heavy atom. The molecule has 5 nitrogen and oxygen atoms in total. The number of halogens is 1. The molecule has 2 aromatic heterocycles. The molecule has 0 aliphatic rings. The van der Waals surface area contributed by atoms with Crippen LogP contribution in [0.2, 0.25) is 5.02 Å². The molecule has 2 N–H and O–H groups in total. The fourth-order valence-electron chi connectivity index (χ4n) is 2.83. The quantitative estimate of drug-likeness (QED) is 0.411. The van der Waals surface area contributed by atoms with Crippen molar-refractivity contribution in [1.29, 1.82) is 0 Å². The van der Waals surface area contributed by atoms with E-state index in [4.69, 9.17) is 23.8 Å². The number of fused-ring (bicyclic) bond motifs is 1. The molecule has 0 saturated carbocycles. The molecule has 2 heterocycles. The van der Waals surface area contributed by atoms with Gasteiger partial charge in [0.25, 0.3) is 5.56 Å². The van der Waals surface area contributed by atoms with E-state index in [2.05, 4.69) is 10.3 Å². The molecular formula is C19H20ClN3O2S2. The van der Waals surface area contributed by atoms with Crippen LogP contribution in [0.4, 0.5) is 0 Å². The van der Waals surface area contributed by atoms with Crippen LogP contribution in [0.3, 0.4) is 0 Å². The maximum absolute atomic E-state index is 12.4. The summed E-state index contributed by atoms with van der Waals surface area (Å²) in [5.41, 5.74) is 1.66. The molecule has 0 saturated heterocycles. The average Bonchev–Trinajstić information content (AvgIpc) is 3.11. The molecule has 1 amide bonds. The maximum atomic E-state index is 12.4. The van der Waals surface area contributed by atoms with Gasteiger partial charge in [-0.15, -0.1) is 11.3 Å². The Balaban J connectivity index is 1.42. The van der Waals surface area contributed by atoms with Crippen LogP contribution in [-0.2, 0) is 17.9 Å². The predicted octanol–water partition coefficient (Wildman–Crippen LogP) is 4.65. The summed E-state index contributed by atoms with van der Waals surface area (Å²) in [6, 6.07) is 9.33. The number of aromatic nitrogens is 2.